The number of amides is 3. The number of nitrogens with two attached hydrogens (primary N) is 1. The highest BCUT2D eigenvalue weighted by Crippen LogP contribution is 2.14. The Labute approximate surface area is 151 Å². The summed E-state index contributed by atoms with van der Waals surface area (Å²) in [4.78, 5) is 35.3. The number of benzene rings is 2. The van der Waals surface area contributed by atoms with Crippen molar-refractivity contribution in [1.29, 1.82) is 0 Å². The van der Waals surface area contributed by atoms with E-state index < -0.39 is 17.9 Å². The fourth-order valence-corrected chi connectivity index (χ4v) is 2.40. The predicted octanol–water partition coefficient (Wildman–Crippen LogP) is 1.48. The Kier molecular flexibility index (Phi) is 6.32. The average Bonchev–Trinajstić information content (AvgIpc) is 2.61. The number of rotatable bonds is 7. The van der Waals surface area contributed by atoms with Gasteiger partial charge in [-0.1, -0.05) is 18.2 Å². The highest BCUT2D eigenvalue weighted by atomic mass is 16.5. The van der Waals surface area contributed by atoms with E-state index in [-0.39, 0.29) is 12.3 Å². The summed E-state index contributed by atoms with van der Waals surface area (Å²) in [5.41, 5.74) is 7.08. The largest absolute Gasteiger partial charge is 0.497 e. The van der Waals surface area contributed by atoms with E-state index in [1.165, 1.54) is 13.0 Å². The fraction of sp³-hybridized carbons (Fsp3) is 0.211. The minimum absolute atomic E-state index is 0.239. The zero-order valence-electron chi connectivity index (χ0n) is 14.6. The van der Waals surface area contributed by atoms with Gasteiger partial charge in [0.05, 0.1) is 7.11 Å². The van der Waals surface area contributed by atoms with Gasteiger partial charge in [-0.2, -0.15) is 0 Å². The summed E-state index contributed by atoms with van der Waals surface area (Å²) in [5.74, 6) is -0.623. The first-order chi connectivity index (χ1) is 12.4. The number of methoxy groups -OCH3 is 1. The lowest BCUT2D eigenvalue weighted by Gasteiger charge is -2.16. The van der Waals surface area contributed by atoms with E-state index in [9.17, 15) is 14.4 Å². The number of hydrogen-bond donors (Lipinski definition) is 3. The molecule has 0 aromatic heterocycles. The Morgan fingerprint density at radius 3 is 2.38 bits per heavy atom. The number of hydrogen-bond acceptors (Lipinski definition) is 4. The van der Waals surface area contributed by atoms with Gasteiger partial charge in [0.15, 0.2) is 0 Å². The van der Waals surface area contributed by atoms with E-state index >= 15 is 0 Å². The lowest BCUT2D eigenvalue weighted by Crippen LogP contribution is -2.45. The van der Waals surface area contributed by atoms with E-state index in [4.69, 9.17) is 10.5 Å². The lowest BCUT2D eigenvalue weighted by atomic mass is 10.0. The Hall–Kier alpha value is -3.35. The van der Waals surface area contributed by atoms with Crippen LogP contribution >= 0.6 is 0 Å². The maximum Gasteiger partial charge on any atom is 0.252 e. The molecule has 26 heavy (non-hydrogen) atoms. The molecule has 2 aromatic rings. The molecule has 7 nitrogen and oxygen atoms in total. The molecule has 0 aliphatic heterocycles. The molecule has 0 fully saturated rings. The van der Waals surface area contributed by atoms with Gasteiger partial charge in [0.25, 0.3) is 5.91 Å². The zero-order chi connectivity index (χ0) is 19.1. The predicted molar refractivity (Wildman–Crippen MR) is 97.9 cm³/mol. The smallest absolute Gasteiger partial charge is 0.252 e. The zero-order valence-corrected chi connectivity index (χ0v) is 14.6. The fourth-order valence-electron chi connectivity index (χ4n) is 2.40. The van der Waals surface area contributed by atoms with E-state index in [2.05, 4.69) is 10.6 Å². The van der Waals surface area contributed by atoms with Crippen LogP contribution in [0.2, 0.25) is 0 Å². The molecule has 7 heteroatoms. The Morgan fingerprint density at radius 1 is 1.12 bits per heavy atom. The molecule has 0 spiro atoms. The molecule has 0 unspecified atom stereocenters. The minimum Gasteiger partial charge on any atom is -0.497 e. The van der Waals surface area contributed by atoms with Crippen molar-refractivity contribution < 1.29 is 19.1 Å². The second-order valence-corrected chi connectivity index (χ2v) is 5.74. The standard InChI is InChI=1S/C19H21N3O4/c1-12(23)21-15-5-3-4-14(11-15)19(25)22-17(18(20)24)10-13-6-8-16(26-2)9-7-13/h3-9,11,17H,10H2,1-2H3,(H2,20,24)(H,21,23)(H,22,25)/t17-/m0/s1. The van der Waals surface area contributed by atoms with Crippen molar-refractivity contribution >= 4 is 23.4 Å². The molecule has 4 N–H and O–H groups in total. The molecule has 0 aliphatic carbocycles. The Balaban J connectivity index is 2.10. The molecular weight excluding hydrogens is 334 g/mol. The average molecular weight is 355 g/mol. The number of nitrogens with one attached hydrogen (secondary N) is 2. The van der Waals surface area contributed by atoms with Crippen LogP contribution in [-0.2, 0) is 16.0 Å². The quantitative estimate of drug-likeness (QED) is 0.698. The van der Waals surface area contributed by atoms with Gasteiger partial charge >= 0.3 is 0 Å². The molecule has 2 rings (SSSR count). The Bertz CT molecular complexity index is 803. The molecule has 136 valence electrons. The second kappa shape index (κ2) is 8.66. The minimum atomic E-state index is -0.861. The van der Waals surface area contributed by atoms with Crippen LogP contribution in [0.5, 0.6) is 5.75 Å². The third-order valence-electron chi connectivity index (χ3n) is 3.69. The lowest BCUT2D eigenvalue weighted by molar-refractivity contribution is -0.119. The monoisotopic (exact) mass is 355 g/mol. The van der Waals surface area contributed by atoms with Crippen LogP contribution in [0.25, 0.3) is 0 Å². The van der Waals surface area contributed by atoms with Gasteiger partial charge in [-0.15, -0.1) is 0 Å². The van der Waals surface area contributed by atoms with E-state index in [0.29, 0.717) is 17.0 Å². The van der Waals surface area contributed by atoms with Crippen molar-refractivity contribution in [2.45, 2.75) is 19.4 Å². The van der Waals surface area contributed by atoms with Crippen LogP contribution in [0.15, 0.2) is 48.5 Å². The summed E-state index contributed by atoms with van der Waals surface area (Å²) < 4.78 is 5.09. The summed E-state index contributed by atoms with van der Waals surface area (Å²) in [7, 11) is 1.57. The van der Waals surface area contributed by atoms with Gasteiger partial charge in [0.2, 0.25) is 11.8 Å². The van der Waals surface area contributed by atoms with Gasteiger partial charge < -0.3 is 21.1 Å². The number of ether oxygens (including phenoxy) is 1. The molecule has 0 radical (unpaired) electrons. The van der Waals surface area contributed by atoms with Crippen molar-refractivity contribution in [1.82, 2.24) is 5.32 Å². The van der Waals surface area contributed by atoms with E-state index in [1.54, 1.807) is 49.6 Å². The van der Waals surface area contributed by atoms with Crippen LogP contribution in [-0.4, -0.2) is 30.9 Å². The van der Waals surface area contributed by atoms with Gasteiger partial charge in [0.1, 0.15) is 11.8 Å². The highest BCUT2D eigenvalue weighted by Gasteiger charge is 2.19. The third-order valence-corrected chi connectivity index (χ3v) is 3.69. The maximum absolute atomic E-state index is 12.4. The summed E-state index contributed by atoms with van der Waals surface area (Å²) in [6.07, 6.45) is 0.260. The summed E-state index contributed by atoms with van der Waals surface area (Å²) in [6, 6.07) is 12.7. The summed E-state index contributed by atoms with van der Waals surface area (Å²) in [6.45, 7) is 1.38. The summed E-state index contributed by atoms with van der Waals surface area (Å²) >= 11 is 0. The SMILES string of the molecule is COc1ccc(C[C@H](NC(=O)c2cccc(NC(C)=O)c2)C(N)=O)cc1. The highest BCUT2D eigenvalue weighted by molar-refractivity contribution is 5.99. The maximum atomic E-state index is 12.4. The molecule has 0 heterocycles. The first-order valence-electron chi connectivity index (χ1n) is 8.00. The van der Waals surface area contributed by atoms with Gasteiger partial charge in [-0.25, -0.2) is 0 Å². The van der Waals surface area contributed by atoms with Crippen LogP contribution < -0.4 is 21.1 Å². The van der Waals surface area contributed by atoms with Crippen LogP contribution in [0.3, 0.4) is 0 Å². The number of anilines is 1. The topological polar surface area (TPSA) is 111 Å². The van der Waals surface area contributed by atoms with Crippen molar-refractivity contribution in [2.75, 3.05) is 12.4 Å². The molecule has 1 atom stereocenters. The number of carbonyl (C=O) groups is 3. The van der Waals surface area contributed by atoms with Gasteiger partial charge in [-0.05, 0) is 35.9 Å². The Morgan fingerprint density at radius 2 is 1.81 bits per heavy atom. The van der Waals surface area contributed by atoms with Crippen molar-refractivity contribution in [3.63, 3.8) is 0 Å². The molecular formula is C19H21N3O4. The van der Waals surface area contributed by atoms with Gasteiger partial charge in [0, 0.05) is 24.6 Å². The van der Waals surface area contributed by atoms with Crippen molar-refractivity contribution in [2.24, 2.45) is 5.73 Å². The first kappa shape index (κ1) is 19.0. The third kappa shape index (κ3) is 5.34. The van der Waals surface area contributed by atoms with Crippen molar-refractivity contribution in [3.05, 3.63) is 59.7 Å². The first-order valence-corrected chi connectivity index (χ1v) is 8.00. The van der Waals surface area contributed by atoms with Crippen LogP contribution in [0.1, 0.15) is 22.8 Å². The molecule has 0 bridgehead atoms. The molecule has 0 aliphatic rings. The van der Waals surface area contributed by atoms with Gasteiger partial charge in [-0.3, -0.25) is 14.4 Å². The number of carbonyl (C=O) groups excluding carboxylic acids is 3. The summed E-state index contributed by atoms with van der Waals surface area (Å²) in [5, 5.41) is 5.24. The molecule has 3 amide bonds. The van der Waals surface area contributed by atoms with E-state index in [1.807, 2.05) is 0 Å². The normalized spacial score (nSPS) is 11.3. The number of primary amides is 1. The molecule has 0 saturated heterocycles. The van der Waals surface area contributed by atoms with E-state index in [0.717, 1.165) is 5.56 Å². The molecule has 2 aromatic carbocycles. The van der Waals surface area contributed by atoms with Crippen molar-refractivity contribution in [3.8, 4) is 5.75 Å². The molecule has 0 saturated carbocycles. The second-order valence-electron chi connectivity index (χ2n) is 5.74. The van der Waals surface area contributed by atoms with Crippen LogP contribution in [0.4, 0.5) is 5.69 Å². The van der Waals surface area contributed by atoms with Crippen LogP contribution in [0, 0.1) is 0 Å².